The highest BCUT2D eigenvalue weighted by Crippen LogP contribution is 2.25. The standard InChI is InChI=1S/C12H20N4O3S2/c1-3-8-10(13)11(15-14-8)12(17)16-5-6-20-7-9(16)21(18,19)4-2/h9H,3-7,13H2,1-2H3,(H,14,15). The van der Waals surface area contributed by atoms with Crippen LogP contribution in [0.5, 0.6) is 0 Å². The molecule has 118 valence electrons. The summed E-state index contributed by atoms with van der Waals surface area (Å²) in [6.45, 7) is 3.89. The summed E-state index contributed by atoms with van der Waals surface area (Å²) in [5.41, 5.74) is 7.04. The molecule has 0 bridgehead atoms. The minimum Gasteiger partial charge on any atom is -0.395 e. The number of rotatable bonds is 4. The number of hydrogen-bond donors (Lipinski definition) is 2. The van der Waals surface area contributed by atoms with Gasteiger partial charge in [0.25, 0.3) is 5.91 Å². The number of anilines is 1. The molecule has 3 N–H and O–H groups in total. The maximum atomic E-state index is 12.6. The van der Waals surface area contributed by atoms with Crippen molar-refractivity contribution in [2.75, 3.05) is 29.5 Å². The highest BCUT2D eigenvalue weighted by molar-refractivity contribution is 8.01. The van der Waals surface area contributed by atoms with Crippen molar-refractivity contribution in [2.24, 2.45) is 0 Å². The molecule has 2 rings (SSSR count). The Hall–Kier alpha value is -1.22. The zero-order valence-corrected chi connectivity index (χ0v) is 13.8. The van der Waals surface area contributed by atoms with Gasteiger partial charge in [-0.25, -0.2) is 8.42 Å². The minimum absolute atomic E-state index is 0.0122. The molecule has 2 heterocycles. The fourth-order valence-corrected chi connectivity index (χ4v) is 5.22. The van der Waals surface area contributed by atoms with Gasteiger partial charge in [0.1, 0.15) is 5.37 Å². The zero-order valence-electron chi connectivity index (χ0n) is 12.1. The number of nitrogen functional groups attached to an aromatic ring is 1. The van der Waals surface area contributed by atoms with Crippen molar-refractivity contribution in [1.29, 1.82) is 0 Å². The summed E-state index contributed by atoms with van der Waals surface area (Å²) in [7, 11) is -3.33. The van der Waals surface area contributed by atoms with Gasteiger partial charge in [-0.3, -0.25) is 9.89 Å². The van der Waals surface area contributed by atoms with Crippen molar-refractivity contribution >= 4 is 33.2 Å². The van der Waals surface area contributed by atoms with Crippen molar-refractivity contribution in [1.82, 2.24) is 15.1 Å². The number of H-pyrrole nitrogens is 1. The molecule has 1 aromatic heterocycles. The van der Waals surface area contributed by atoms with E-state index in [0.29, 0.717) is 35.9 Å². The van der Waals surface area contributed by atoms with E-state index in [9.17, 15) is 13.2 Å². The number of aromatic nitrogens is 2. The average molecular weight is 332 g/mol. The third-order valence-corrected chi connectivity index (χ3v) is 6.89. The first kappa shape index (κ1) is 16.2. The molecule has 0 saturated carbocycles. The van der Waals surface area contributed by atoms with Crippen LogP contribution in [0, 0.1) is 0 Å². The molecule has 21 heavy (non-hydrogen) atoms. The molecule has 7 nitrogen and oxygen atoms in total. The summed E-state index contributed by atoms with van der Waals surface area (Å²) in [4.78, 5) is 14.0. The maximum absolute atomic E-state index is 12.6. The largest absolute Gasteiger partial charge is 0.395 e. The number of aryl methyl sites for hydroxylation is 1. The third-order valence-electron chi connectivity index (χ3n) is 3.60. The fourth-order valence-electron chi connectivity index (χ4n) is 2.26. The Kier molecular flexibility index (Phi) is 4.82. The van der Waals surface area contributed by atoms with E-state index in [1.165, 1.54) is 4.90 Å². The van der Waals surface area contributed by atoms with Crippen molar-refractivity contribution in [3.63, 3.8) is 0 Å². The van der Waals surface area contributed by atoms with Gasteiger partial charge >= 0.3 is 0 Å². The molecular formula is C12H20N4O3S2. The molecule has 0 aromatic carbocycles. The molecule has 1 aromatic rings. The monoisotopic (exact) mass is 332 g/mol. The lowest BCUT2D eigenvalue weighted by Gasteiger charge is -2.34. The van der Waals surface area contributed by atoms with Gasteiger partial charge in [-0.2, -0.15) is 16.9 Å². The van der Waals surface area contributed by atoms with Crippen LogP contribution in [0.3, 0.4) is 0 Å². The molecule has 9 heteroatoms. The highest BCUT2D eigenvalue weighted by atomic mass is 32.2. The summed E-state index contributed by atoms with van der Waals surface area (Å²) in [6, 6.07) is 0. The summed E-state index contributed by atoms with van der Waals surface area (Å²) in [6.07, 6.45) is 0.638. The topological polar surface area (TPSA) is 109 Å². The quantitative estimate of drug-likeness (QED) is 0.831. The lowest BCUT2D eigenvalue weighted by molar-refractivity contribution is 0.0744. The second kappa shape index (κ2) is 6.27. The second-order valence-electron chi connectivity index (χ2n) is 4.80. The van der Waals surface area contributed by atoms with Crippen LogP contribution in [0.2, 0.25) is 0 Å². The predicted molar refractivity (Wildman–Crippen MR) is 84.0 cm³/mol. The number of nitrogens with zero attached hydrogens (tertiary/aromatic N) is 2. The number of hydrogen-bond acceptors (Lipinski definition) is 6. The van der Waals surface area contributed by atoms with Crippen LogP contribution in [-0.2, 0) is 16.3 Å². The fraction of sp³-hybridized carbons (Fsp3) is 0.667. The molecule has 0 radical (unpaired) electrons. The van der Waals surface area contributed by atoms with Crippen LogP contribution in [0.4, 0.5) is 5.69 Å². The van der Waals surface area contributed by atoms with Crippen LogP contribution in [0.1, 0.15) is 30.0 Å². The lowest BCUT2D eigenvalue weighted by Crippen LogP contribution is -2.50. The zero-order chi connectivity index (χ0) is 15.6. The minimum atomic E-state index is -3.33. The molecule has 1 atom stereocenters. The molecule has 1 saturated heterocycles. The first-order valence-electron chi connectivity index (χ1n) is 6.85. The van der Waals surface area contributed by atoms with Crippen LogP contribution < -0.4 is 5.73 Å². The second-order valence-corrected chi connectivity index (χ2v) is 8.39. The molecule has 0 aliphatic carbocycles. The first-order valence-corrected chi connectivity index (χ1v) is 9.72. The normalized spacial score (nSPS) is 19.7. The van der Waals surface area contributed by atoms with Crippen molar-refractivity contribution in [2.45, 2.75) is 25.6 Å². The van der Waals surface area contributed by atoms with Gasteiger partial charge in [0, 0.05) is 23.8 Å². The lowest BCUT2D eigenvalue weighted by atomic mass is 10.2. The van der Waals surface area contributed by atoms with Gasteiger partial charge in [-0.15, -0.1) is 0 Å². The molecule has 1 fully saturated rings. The van der Waals surface area contributed by atoms with Gasteiger partial charge in [-0.05, 0) is 6.42 Å². The Morgan fingerprint density at radius 3 is 2.81 bits per heavy atom. The Morgan fingerprint density at radius 1 is 1.52 bits per heavy atom. The third kappa shape index (κ3) is 3.03. The number of nitrogens with two attached hydrogens (primary N) is 1. The SMILES string of the molecule is CCc1[nH]nc(C(=O)N2CCSCC2S(=O)(=O)CC)c1N. The molecule has 1 aliphatic rings. The van der Waals surface area contributed by atoms with Crippen molar-refractivity contribution < 1.29 is 13.2 Å². The van der Waals surface area contributed by atoms with E-state index in [4.69, 9.17) is 5.73 Å². The van der Waals surface area contributed by atoms with E-state index in [1.54, 1.807) is 18.7 Å². The van der Waals surface area contributed by atoms with Crippen LogP contribution in [0.15, 0.2) is 0 Å². The van der Waals surface area contributed by atoms with E-state index in [2.05, 4.69) is 10.2 Å². The Morgan fingerprint density at radius 2 is 2.24 bits per heavy atom. The molecular weight excluding hydrogens is 312 g/mol. The van der Waals surface area contributed by atoms with E-state index in [0.717, 1.165) is 0 Å². The van der Waals surface area contributed by atoms with E-state index in [-0.39, 0.29) is 11.4 Å². The van der Waals surface area contributed by atoms with E-state index >= 15 is 0 Å². The predicted octanol–water partition coefficient (Wildman–Crippen LogP) is 0.504. The average Bonchev–Trinajstić information content (AvgIpc) is 2.87. The number of carbonyl (C=O) groups excluding carboxylic acids is 1. The van der Waals surface area contributed by atoms with Gasteiger partial charge < -0.3 is 10.6 Å². The number of carbonyl (C=O) groups is 1. The molecule has 1 amide bonds. The van der Waals surface area contributed by atoms with Crippen LogP contribution in [-0.4, -0.2) is 58.6 Å². The molecule has 1 unspecified atom stereocenters. The summed E-state index contributed by atoms with van der Waals surface area (Å²) >= 11 is 1.54. The van der Waals surface area contributed by atoms with Gasteiger partial charge in [0.05, 0.1) is 11.4 Å². The smallest absolute Gasteiger partial charge is 0.277 e. The van der Waals surface area contributed by atoms with Gasteiger partial charge in [0.2, 0.25) is 0 Å². The summed E-state index contributed by atoms with van der Waals surface area (Å²) < 4.78 is 24.4. The number of sulfone groups is 1. The van der Waals surface area contributed by atoms with E-state index in [1.807, 2.05) is 6.92 Å². The van der Waals surface area contributed by atoms with Crippen molar-refractivity contribution in [3.05, 3.63) is 11.4 Å². The van der Waals surface area contributed by atoms with Crippen LogP contribution in [0.25, 0.3) is 0 Å². The summed E-state index contributed by atoms with van der Waals surface area (Å²) in [5, 5.41) is 5.90. The Labute approximate surface area is 128 Å². The van der Waals surface area contributed by atoms with Gasteiger partial charge in [0.15, 0.2) is 15.5 Å². The Bertz CT molecular complexity index is 626. The Balaban J connectivity index is 2.33. The van der Waals surface area contributed by atoms with Crippen LogP contribution >= 0.6 is 11.8 Å². The van der Waals surface area contributed by atoms with Crippen molar-refractivity contribution in [3.8, 4) is 0 Å². The molecule has 1 aliphatic heterocycles. The number of thioether (sulfide) groups is 1. The maximum Gasteiger partial charge on any atom is 0.277 e. The molecule has 0 spiro atoms. The number of amides is 1. The summed E-state index contributed by atoms with van der Waals surface area (Å²) in [5.74, 6) is 0.711. The van der Waals surface area contributed by atoms with Gasteiger partial charge in [-0.1, -0.05) is 13.8 Å². The number of nitrogens with one attached hydrogen (secondary N) is 1. The highest BCUT2D eigenvalue weighted by Gasteiger charge is 2.37. The number of aromatic amines is 1. The van der Waals surface area contributed by atoms with E-state index < -0.39 is 21.1 Å². The first-order chi connectivity index (χ1) is 9.92.